The van der Waals surface area contributed by atoms with Gasteiger partial charge in [0.25, 0.3) is 5.91 Å². The van der Waals surface area contributed by atoms with Crippen LogP contribution in [0.3, 0.4) is 0 Å². The van der Waals surface area contributed by atoms with Gasteiger partial charge in [-0.05, 0) is 43.4 Å². The Morgan fingerprint density at radius 1 is 1.19 bits per heavy atom. The summed E-state index contributed by atoms with van der Waals surface area (Å²) in [5.41, 5.74) is 0.922. The number of hydrogen-bond donors (Lipinski definition) is 1. The van der Waals surface area contributed by atoms with Gasteiger partial charge in [-0.15, -0.1) is 0 Å². The van der Waals surface area contributed by atoms with Crippen LogP contribution in [0.5, 0.6) is 0 Å². The number of benzene rings is 1. The van der Waals surface area contributed by atoms with Crippen LogP contribution in [0.4, 0.5) is 4.39 Å². The number of carbonyl (C=O) groups excluding carboxylic acids is 2. The summed E-state index contributed by atoms with van der Waals surface area (Å²) in [5.74, 6) is 0.266. The molecule has 2 atom stereocenters. The lowest BCUT2D eigenvalue weighted by Crippen LogP contribution is -2.52. The van der Waals surface area contributed by atoms with Gasteiger partial charge in [-0.1, -0.05) is 25.8 Å². The maximum absolute atomic E-state index is 13.7. The van der Waals surface area contributed by atoms with Gasteiger partial charge in [-0.2, -0.15) is 0 Å². The Labute approximate surface area is 160 Å². The quantitative estimate of drug-likeness (QED) is 0.880. The van der Waals surface area contributed by atoms with Crippen molar-refractivity contribution >= 4 is 11.8 Å². The van der Waals surface area contributed by atoms with Crippen molar-refractivity contribution in [3.63, 3.8) is 0 Å². The molecule has 3 rings (SSSR count). The van der Waals surface area contributed by atoms with E-state index in [2.05, 4.69) is 17.1 Å². The number of carbonyl (C=O) groups is 2. The van der Waals surface area contributed by atoms with Crippen LogP contribution in [0, 0.1) is 18.7 Å². The van der Waals surface area contributed by atoms with Gasteiger partial charge in [0.15, 0.2) is 0 Å². The summed E-state index contributed by atoms with van der Waals surface area (Å²) in [5, 5.41) is 3.17. The van der Waals surface area contributed by atoms with Crippen molar-refractivity contribution in [3.05, 3.63) is 35.1 Å². The van der Waals surface area contributed by atoms with Crippen molar-refractivity contribution in [1.82, 2.24) is 15.1 Å². The number of nitrogens with zero attached hydrogens (tertiary/aromatic N) is 2. The Balaban J connectivity index is 1.45. The molecule has 148 valence electrons. The molecular weight excluding hydrogens is 345 g/mol. The number of hydrogen-bond acceptors (Lipinski definition) is 3. The maximum Gasteiger partial charge on any atom is 0.254 e. The maximum atomic E-state index is 13.7. The molecule has 1 saturated carbocycles. The van der Waals surface area contributed by atoms with Crippen molar-refractivity contribution < 1.29 is 14.0 Å². The average molecular weight is 375 g/mol. The molecule has 5 nitrogen and oxygen atoms in total. The Hall–Kier alpha value is -1.95. The van der Waals surface area contributed by atoms with Gasteiger partial charge in [0.05, 0.1) is 6.54 Å². The predicted molar refractivity (Wildman–Crippen MR) is 103 cm³/mol. The van der Waals surface area contributed by atoms with Gasteiger partial charge in [-0.3, -0.25) is 14.5 Å². The fraction of sp³-hybridized carbons (Fsp3) is 0.619. The summed E-state index contributed by atoms with van der Waals surface area (Å²) >= 11 is 0. The Morgan fingerprint density at radius 3 is 2.59 bits per heavy atom. The lowest BCUT2D eigenvalue weighted by Gasteiger charge is -2.35. The lowest BCUT2D eigenvalue weighted by molar-refractivity contribution is -0.123. The topological polar surface area (TPSA) is 52.7 Å². The first kappa shape index (κ1) is 19.8. The summed E-state index contributed by atoms with van der Waals surface area (Å²) in [6, 6.07) is 4.92. The Kier molecular flexibility index (Phi) is 6.47. The van der Waals surface area contributed by atoms with Crippen LogP contribution in [-0.2, 0) is 4.79 Å². The lowest BCUT2D eigenvalue weighted by atomic mass is 9.87. The molecule has 2 fully saturated rings. The number of rotatable bonds is 4. The van der Waals surface area contributed by atoms with Crippen molar-refractivity contribution in [2.45, 2.75) is 45.6 Å². The second kappa shape index (κ2) is 8.83. The van der Waals surface area contributed by atoms with E-state index >= 15 is 0 Å². The Bertz CT molecular complexity index is 686. The minimum absolute atomic E-state index is 0.0782. The molecule has 1 aromatic rings. The van der Waals surface area contributed by atoms with Crippen molar-refractivity contribution in [2.75, 3.05) is 32.7 Å². The van der Waals surface area contributed by atoms with E-state index in [-0.39, 0.29) is 17.6 Å². The monoisotopic (exact) mass is 375 g/mol. The molecule has 1 aliphatic heterocycles. The zero-order valence-corrected chi connectivity index (χ0v) is 16.3. The molecule has 2 unspecified atom stereocenters. The van der Waals surface area contributed by atoms with E-state index in [1.807, 2.05) is 0 Å². The minimum Gasteiger partial charge on any atom is -0.352 e. The molecule has 0 bridgehead atoms. The summed E-state index contributed by atoms with van der Waals surface area (Å²) in [7, 11) is 0. The molecule has 0 aromatic heterocycles. The molecule has 0 spiro atoms. The van der Waals surface area contributed by atoms with E-state index in [0.717, 1.165) is 12.8 Å². The van der Waals surface area contributed by atoms with Gasteiger partial charge in [-0.25, -0.2) is 4.39 Å². The molecular formula is C21H30FN3O2. The number of piperazine rings is 1. The molecule has 1 aliphatic carbocycles. The molecule has 0 radical (unpaired) electrons. The van der Waals surface area contributed by atoms with Crippen molar-refractivity contribution in [1.29, 1.82) is 0 Å². The van der Waals surface area contributed by atoms with Gasteiger partial charge in [0.2, 0.25) is 5.91 Å². The highest BCUT2D eigenvalue weighted by Gasteiger charge is 2.25. The van der Waals surface area contributed by atoms with Crippen LogP contribution < -0.4 is 5.32 Å². The first-order valence-corrected chi connectivity index (χ1v) is 9.99. The third-order valence-electron chi connectivity index (χ3n) is 5.75. The predicted octanol–water partition coefficient (Wildman–Crippen LogP) is 2.59. The highest BCUT2D eigenvalue weighted by atomic mass is 19.1. The molecule has 1 aromatic carbocycles. The molecule has 2 aliphatic rings. The second-order valence-corrected chi connectivity index (χ2v) is 8.07. The van der Waals surface area contributed by atoms with Crippen molar-refractivity contribution in [2.24, 2.45) is 5.92 Å². The van der Waals surface area contributed by atoms with Crippen LogP contribution in [0.15, 0.2) is 18.2 Å². The Morgan fingerprint density at radius 2 is 1.93 bits per heavy atom. The molecule has 27 heavy (non-hydrogen) atoms. The van der Waals surface area contributed by atoms with E-state index in [9.17, 15) is 14.0 Å². The highest BCUT2D eigenvalue weighted by molar-refractivity contribution is 5.94. The summed E-state index contributed by atoms with van der Waals surface area (Å²) in [4.78, 5) is 28.7. The SMILES string of the molecule is Cc1ccc(C(=O)N2CCN(CC(=O)NC3CCCC(C)C3)CC2)cc1F. The molecule has 1 heterocycles. The number of halogens is 1. The van der Waals surface area contributed by atoms with E-state index in [4.69, 9.17) is 0 Å². The smallest absolute Gasteiger partial charge is 0.254 e. The summed E-state index contributed by atoms with van der Waals surface area (Å²) in [6.45, 7) is 6.75. The summed E-state index contributed by atoms with van der Waals surface area (Å²) in [6.07, 6.45) is 4.59. The number of aryl methyl sites for hydroxylation is 1. The molecule has 2 amide bonds. The van der Waals surface area contributed by atoms with E-state index < -0.39 is 0 Å². The van der Waals surface area contributed by atoms with Gasteiger partial charge < -0.3 is 10.2 Å². The van der Waals surface area contributed by atoms with Crippen LogP contribution in [0.1, 0.15) is 48.5 Å². The molecule has 1 saturated heterocycles. The first-order valence-electron chi connectivity index (χ1n) is 9.99. The minimum atomic E-state index is -0.354. The largest absolute Gasteiger partial charge is 0.352 e. The molecule has 1 N–H and O–H groups in total. The third kappa shape index (κ3) is 5.28. The zero-order valence-electron chi connectivity index (χ0n) is 16.3. The standard InChI is InChI=1S/C21H30FN3O2/c1-15-4-3-5-18(12-15)23-20(26)14-24-8-10-25(11-9-24)21(27)17-7-6-16(2)19(22)13-17/h6-7,13,15,18H,3-5,8-12,14H2,1-2H3,(H,23,26). The average Bonchev–Trinajstić information content (AvgIpc) is 2.64. The van der Waals surface area contributed by atoms with Crippen LogP contribution in [-0.4, -0.2) is 60.4 Å². The van der Waals surface area contributed by atoms with E-state index in [1.54, 1.807) is 24.0 Å². The highest BCUT2D eigenvalue weighted by Crippen LogP contribution is 2.23. The van der Waals surface area contributed by atoms with E-state index in [1.165, 1.54) is 18.9 Å². The van der Waals surface area contributed by atoms with Gasteiger partial charge >= 0.3 is 0 Å². The first-order chi connectivity index (χ1) is 12.9. The van der Waals surface area contributed by atoms with Crippen LogP contribution >= 0.6 is 0 Å². The second-order valence-electron chi connectivity index (χ2n) is 8.07. The van der Waals surface area contributed by atoms with Crippen LogP contribution in [0.2, 0.25) is 0 Å². The van der Waals surface area contributed by atoms with Crippen molar-refractivity contribution in [3.8, 4) is 0 Å². The number of nitrogens with one attached hydrogen (secondary N) is 1. The fourth-order valence-electron chi connectivity index (χ4n) is 4.06. The van der Waals surface area contributed by atoms with Gasteiger partial charge in [0.1, 0.15) is 5.82 Å². The normalized spacial score (nSPS) is 23.9. The fourth-order valence-corrected chi connectivity index (χ4v) is 4.06. The molecule has 6 heteroatoms. The van der Waals surface area contributed by atoms with E-state index in [0.29, 0.717) is 55.8 Å². The number of amides is 2. The third-order valence-corrected chi connectivity index (χ3v) is 5.75. The van der Waals surface area contributed by atoms with Crippen LogP contribution in [0.25, 0.3) is 0 Å². The zero-order chi connectivity index (χ0) is 19.4. The summed E-state index contributed by atoms with van der Waals surface area (Å²) < 4.78 is 13.7. The van der Waals surface area contributed by atoms with Gasteiger partial charge in [0, 0.05) is 37.8 Å².